The van der Waals surface area contributed by atoms with Crippen LogP contribution < -0.4 is 10.6 Å². The van der Waals surface area contributed by atoms with Gasteiger partial charge in [0.25, 0.3) is 0 Å². The van der Waals surface area contributed by atoms with Crippen LogP contribution in [0.4, 0.5) is 5.69 Å². The van der Waals surface area contributed by atoms with Crippen LogP contribution >= 0.6 is 0 Å². The third-order valence-electron chi connectivity index (χ3n) is 2.85. The van der Waals surface area contributed by atoms with Gasteiger partial charge in [-0.25, -0.2) is 0 Å². The molecule has 0 bridgehead atoms. The first kappa shape index (κ1) is 13.5. The van der Waals surface area contributed by atoms with E-state index >= 15 is 0 Å². The largest absolute Gasteiger partial charge is 0.460 e. The molecule has 102 valence electrons. The van der Waals surface area contributed by atoms with Gasteiger partial charge in [0.2, 0.25) is 5.91 Å². The van der Waals surface area contributed by atoms with E-state index in [1.165, 1.54) is 0 Å². The molecule has 1 aromatic rings. The van der Waals surface area contributed by atoms with Crippen LogP contribution in [-0.2, 0) is 27.4 Å². The van der Waals surface area contributed by atoms with Crippen molar-refractivity contribution >= 4 is 17.6 Å². The van der Waals surface area contributed by atoms with Gasteiger partial charge in [0.05, 0.1) is 13.0 Å². The van der Waals surface area contributed by atoms with Crippen molar-refractivity contribution < 1.29 is 14.3 Å². The number of benzene rings is 1. The Bertz CT molecular complexity index is 497. The Morgan fingerprint density at radius 1 is 1.47 bits per heavy atom. The van der Waals surface area contributed by atoms with Crippen molar-refractivity contribution in [3.63, 3.8) is 0 Å². The van der Waals surface area contributed by atoms with E-state index in [4.69, 9.17) is 4.74 Å². The Morgan fingerprint density at radius 2 is 2.26 bits per heavy atom. The highest BCUT2D eigenvalue weighted by molar-refractivity contribution is 5.99. The number of fused-ring (bicyclic) bond motifs is 1. The van der Waals surface area contributed by atoms with Gasteiger partial charge in [0, 0.05) is 11.7 Å². The Hall–Kier alpha value is -1.88. The Morgan fingerprint density at radius 3 is 3.00 bits per heavy atom. The Labute approximate surface area is 112 Å². The highest BCUT2D eigenvalue weighted by atomic mass is 16.5. The van der Waals surface area contributed by atoms with Crippen LogP contribution in [0.2, 0.25) is 0 Å². The SMILES string of the molecule is CC(C)NCC(=O)OCc1ccc2c(c1)CC(=O)N2. The van der Waals surface area contributed by atoms with Gasteiger partial charge in [0.15, 0.2) is 0 Å². The molecule has 5 nitrogen and oxygen atoms in total. The van der Waals surface area contributed by atoms with Gasteiger partial charge < -0.3 is 15.4 Å². The number of carbonyl (C=O) groups is 2. The summed E-state index contributed by atoms with van der Waals surface area (Å²) in [6.45, 7) is 4.39. The molecular weight excluding hydrogens is 244 g/mol. The van der Waals surface area contributed by atoms with Crippen molar-refractivity contribution in [2.45, 2.75) is 32.9 Å². The van der Waals surface area contributed by atoms with Gasteiger partial charge in [-0.05, 0) is 23.3 Å². The summed E-state index contributed by atoms with van der Waals surface area (Å²) in [4.78, 5) is 22.7. The molecule has 0 spiro atoms. The van der Waals surface area contributed by atoms with Crippen molar-refractivity contribution in [3.8, 4) is 0 Å². The molecule has 2 N–H and O–H groups in total. The van der Waals surface area contributed by atoms with Crippen LogP contribution in [-0.4, -0.2) is 24.5 Å². The minimum Gasteiger partial charge on any atom is -0.460 e. The molecule has 1 aliphatic rings. The minimum atomic E-state index is -0.275. The molecule has 0 atom stereocenters. The first-order valence-electron chi connectivity index (χ1n) is 6.35. The van der Waals surface area contributed by atoms with E-state index in [-0.39, 0.29) is 31.1 Å². The molecule has 0 radical (unpaired) electrons. The smallest absolute Gasteiger partial charge is 0.320 e. The monoisotopic (exact) mass is 262 g/mol. The fourth-order valence-electron chi connectivity index (χ4n) is 1.87. The van der Waals surface area contributed by atoms with E-state index in [2.05, 4.69) is 10.6 Å². The molecule has 1 heterocycles. The van der Waals surface area contributed by atoms with Gasteiger partial charge in [-0.15, -0.1) is 0 Å². The standard InChI is InChI=1S/C14H18N2O3/c1-9(2)15-7-14(18)19-8-10-3-4-12-11(5-10)6-13(17)16-12/h3-5,9,15H,6-8H2,1-2H3,(H,16,17). The quantitative estimate of drug-likeness (QED) is 0.783. The molecule has 0 aliphatic carbocycles. The number of nitrogens with one attached hydrogen (secondary N) is 2. The van der Waals surface area contributed by atoms with E-state index in [0.717, 1.165) is 16.8 Å². The maximum atomic E-state index is 11.5. The molecule has 0 saturated carbocycles. The average molecular weight is 262 g/mol. The summed E-state index contributed by atoms with van der Waals surface area (Å²) in [6.07, 6.45) is 0.395. The number of esters is 1. The van der Waals surface area contributed by atoms with E-state index in [1.807, 2.05) is 32.0 Å². The number of hydrogen-bond donors (Lipinski definition) is 2. The molecule has 1 amide bonds. The van der Waals surface area contributed by atoms with Crippen LogP contribution in [0.25, 0.3) is 0 Å². The van der Waals surface area contributed by atoms with E-state index in [9.17, 15) is 9.59 Å². The topological polar surface area (TPSA) is 67.4 Å². The first-order chi connectivity index (χ1) is 9.04. The van der Waals surface area contributed by atoms with Gasteiger partial charge in [-0.2, -0.15) is 0 Å². The molecular formula is C14H18N2O3. The third kappa shape index (κ3) is 3.79. The van der Waals surface area contributed by atoms with Gasteiger partial charge in [-0.1, -0.05) is 19.9 Å². The number of rotatable bonds is 5. The number of anilines is 1. The lowest BCUT2D eigenvalue weighted by atomic mass is 10.1. The number of carbonyl (C=O) groups excluding carboxylic acids is 2. The van der Waals surface area contributed by atoms with Crippen molar-refractivity contribution in [2.75, 3.05) is 11.9 Å². The predicted octanol–water partition coefficient (Wildman–Crippen LogP) is 1.22. The minimum absolute atomic E-state index is 0.00489. The number of hydrogen-bond acceptors (Lipinski definition) is 4. The van der Waals surface area contributed by atoms with Crippen molar-refractivity contribution in [2.24, 2.45) is 0 Å². The van der Waals surface area contributed by atoms with Crippen LogP contribution in [0.5, 0.6) is 0 Å². The first-order valence-corrected chi connectivity index (χ1v) is 6.35. The van der Waals surface area contributed by atoms with Crippen molar-refractivity contribution in [1.82, 2.24) is 5.32 Å². The summed E-state index contributed by atoms with van der Waals surface area (Å²) in [5, 5.41) is 5.77. The average Bonchev–Trinajstić information content (AvgIpc) is 2.73. The lowest BCUT2D eigenvalue weighted by Gasteiger charge is -2.09. The maximum Gasteiger partial charge on any atom is 0.320 e. The molecule has 0 aromatic heterocycles. The third-order valence-corrected chi connectivity index (χ3v) is 2.85. The zero-order chi connectivity index (χ0) is 13.8. The molecule has 1 aliphatic heterocycles. The molecule has 0 fully saturated rings. The van der Waals surface area contributed by atoms with Gasteiger partial charge in [-0.3, -0.25) is 9.59 Å². The van der Waals surface area contributed by atoms with Crippen LogP contribution in [0.1, 0.15) is 25.0 Å². The predicted molar refractivity (Wildman–Crippen MR) is 71.7 cm³/mol. The lowest BCUT2D eigenvalue weighted by Crippen LogP contribution is -2.30. The maximum absolute atomic E-state index is 11.5. The summed E-state index contributed by atoms with van der Waals surface area (Å²) in [5.41, 5.74) is 2.70. The van der Waals surface area contributed by atoms with Gasteiger partial charge >= 0.3 is 5.97 Å². The fourth-order valence-corrected chi connectivity index (χ4v) is 1.87. The van der Waals surface area contributed by atoms with E-state index < -0.39 is 0 Å². The zero-order valence-corrected chi connectivity index (χ0v) is 11.2. The van der Waals surface area contributed by atoms with Crippen LogP contribution in [0.3, 0.4) is 0 Å². The summed E-state index contributed by atoms with van der Waals surface area (Å²) < 4.78 is 5.16. The molecule has 0 unspecified atom stereocenters. The Balaban J connectivity index is 1.85. The molecule has 0 saturated heterocycles. The van der Waals surface area contributed by atoms with Crippen LogP contribution in [0.15, 0.2) is 18.2 Å². The summed E-state index contributed by atoms with van der Waals surface area (Å²) >= 11 is 0. The Kier molecular flexibility index (Phi) is 4.16. The number of amides is 1. The van der Waals surface area contributed by atoms with Crippen LogP contribution in [0, 0.1) is 0 Å². The second-order valence-corrected chi connectivity index (χ2v) is 4.91. The molecule has 2 rings (SSSR count). The molecule has 5 heteroatoms. The van der Waals surface area contributed by atoms with E-state index in [0.29, 0.717) is 6.42 Å². The lowest BCUT2D eigenvalue weighted by molar-refractivity contribution is -0.144. The second kappa shape index (κ2) is 5.84. The number of ether oxygens (including phenoxy) is 1. The summed E-state index contributed by atoms with van der Waals surface area (Å²) in [5.74, 6) is -0.270. The van der Waals surface area contributed by atoms with Crippen molar-refractivity contribution in [1.29, 1.82) is 0 Å². The molecule has 1 aromatic carbocycles. The normalized spacial score (nSPS) is 13.3. The summed E-state index contributed by atoms with van der Waals surface area (Å²) in [7, 11) is 0. The summed E-state index contributed by atoms with van der Waals surface area (Å²) in [6, 6.07) is 5.85. The fraction of sp³-hybridized carbons (Fsp3) is 0.429. The molecule has 19 heavy (non-hydrogen) atoms. The van der Waals surface area contributed by atoms with Gasteiger partial charge in [0.1, 0.15) is 6.61 Å². The van der Waals surface area contributed by atoms with Crippen molar-refractivity contribution in [3.05, 3.63) is 29.3 Å². The second-order valence-electron chi connectivity index (χ2n) is 4.91. The highest BCUT2D eigenvalue weighted by Crippen LogP contribution is 2.24. The zero-order valence-electron chi connectivity index (χ0n) is 11.2. The highest BCUT2D eigenvalue weighted by Gasteiger charge is 2.17. The van der Waals surface area contributed by atoms with E-state index in [1.54, 1.807) is 0 Å².